The Hall–Kier alpha value is -1.66. The smallest absolute Gasteiger partial charge is 0.240 e. The summed E-state index contributed by atoms with van der Waals surface area (Å²) in [5, 5.41) is 13.2. The van der Waals surface area contributed by atoms with Gasteiger partial charge in [0.25, 0.3) is 0 Å². The van der Waals surface area contributed by atoms with Gasteiger partial charge in [-0.1, -0.05) is 25.4 Å². The van der Waals surface area contributed by atoms with Crippen LogP contribution in [-0.2, 0) is 4.79 Å². The molecule has 1 aliphatic heterocycles. The quantitative estimate of drug-likeness (QED) is 0.872. The summed E-state index contributed by atoms with van der Waals surface area (Å²) in [6.07, 6.45) is 0.153. The molecule has 2 N–H and O–H groups in total. The van der Waals surface area contributed by atoms with E-state index in [0.29, 0.717) is 12.1 Å². The number of amides is 1. The van der Waals surface area contributed by atoms with E-state index in [0.717, 1.165) is 0 Å². The Labute approximate surface area is 133 Å². The van der Waals surface area contributed by atoms with Gasteiger partial charge in [0.2, 0.25) is 5.91 Å². The predicted molar refractivity (Wildman–Crippen MR) is 81.7 cm³/mol. The van der Waals surface area contributed by atoms with Crippen LogP contribution in [0.4, 0.5) is 4.39 Å². The van der Waals surface area contributed by atoms with Crippen LogP contribution in [0, 0.1) is 11.7 Å². The molecule has 22 heavy (non-hydrogen) atoms. The van der Waals surface area contributed by atoms with E-state index in [-0.39, 0.29) is 41.2 Å². The fourth-order valence-corrected chi connectivity index (χ4v) is 2.34. The predicted octanol–water partition coefficient (Wildman–Crippen LogP) is 2.49. The molecule has 0 aromatic heterocycles. The fourth-order valence-electron chi connectivity index (χ4n) is 2.12. The van der Waals surface area contributed by atoms with Crippen LogP contribution in [0.5, 0.6) is 5.75 Å². The third-order valence-corrected chi connectivity index (χ3v) is 3.84. The van der Waals surface area contributed by atoms with E-state index in [2.05, 4.69) is 10.5 Å². The maximum Gasteiger partial charge on any atom is 0.240 e. The standard InChI is InChI=1S/C15H18ClFN2O3/c1-3-9(20)7-22-11-5-4-10(14(17)13(11)16)15-8(2)6-12(21)18-19-15/h4-5,8-9,20H,3,6-7H2,1-2H3,(H,18,21). The summed E-state index contributed by atoms with van der Waals surface area (Å²) in [5.74, 6) is -0.875. The van der Waals surface area contributed by atoms with Crippen LogP contribution in [0.3, 0.4) is 0 Å². The number of carbonyl (C=O) groups excluding carboxylic acids is 1. The molecule has 2 unspecified atom stereocenters. The number of hydrogen-bond acceptors (Lipinski definition) is 4. The topological polar surface area (TPSA) is 70.9 Å². The van der Waals surface area contributed by atoms with Crippen molar-refractivity contribution in [2.24, 2.45) is 11.0 Å². The summed E-state index contributed by atoms with van der Waals surface area (Å²) in [6.45, 7) is 3.66. The first-order valence-electron chi connectivity index (χ1n) is 7.09. The number of hydrazone groups is 1. The van der Waals surface area contributed by atoms with Gasteiger partial charge in [-0.25, -0.2) is 9.82 Å². The molecule has 0 fully saturated rings. The summed E-state index contributed by atoms with van der Waals surface area (Å²) in [5.41, 5.74) is 3.03. The lowest BCUT2D eigenvalue weighted by molar-refractivity contribution is -0.121. The van der Waals surface area contributed by atoms with Crippen molar-refractivity contribution in [3.63, 3.8) is 0 Å². The van der Waals surface area contributed by atoms with Crippen molar-refractivity contribution in [3.05, 3.63) is 28.5 Å². The van der Waals surface area contributed by atoms with Crippen molar-refractivity contribution in [3.8, 4) is 5.75 Å². The number of aliphatic hydroxyl groups excluding tert-OH is 1. The van der Waals surface area contributed by atoms with Crippen molar-refractivity contribution in [1.82, 2.24) is 5.43 Å². The number of nitrogens with one attached hydrogen (secondary N) is 1. The number of aliphatic hydroxyl groups is 1. The highest BCUT2D eigenvalue weighted by Gasteiger charge is 2.25. The first-order valence-corrected chi connectivity index (χ1v) is 7.47. The molecule has 5 nitrogen and oxygen atoms in total. The van der Waals surface area contributed by atoms with Gasteiger partial charge in [0.1, 0.15) is 17.4 Å². The summed E-state index contributed by atoms with van der Waals surface area (Å²) < 4.78 is 19.8. The van der Waals surface area contributed by atoms with Crippen LogP contribution in [0.1, 0.15) is 32.3 Å². The first-order chi connectivity index (χ1) is 10.4. The Balaban J connectivity index is 2.25. The number of nitrogens with zero attached hydrogens (tertiary/aromatic N) is 1. The lowest BCUT2D eigenvalue weighted by atomic mass is 9.94. The Morgan fingerprint density at radius 3 is 2.95 bits per heavy atom. The molecular weight excluding hydrogens is 311 g/mol. The molecule has 0 aliphatic carbocycles. The van der Waals surface area contributed by atoms with Crippen molar-refractivity contribution >= 4 is 23.2 Å². The van der Waals surface area contributed by atoms with Crippen molar-refractivity contribution in [2.45, 2.75) is 32.8 Å². The van der Waals surface area contributed by atoms with E-state index in [1.54, 1.807) is 6.92 Å². The molecular formula is C15H18ClFN2O3. The van der Waals surface area contributed by atoms with Gasteiger partial charge < -0.3 is 9.84 Å². The third-order valence-electron chi connectivity index (χ3n) is 3.48. The molecule has 0 saturated carbocycles. The molecule has 0 saturated heterocycles. The molecule has 2 atom stereocenters. The van der Waals surface area contributed by atoms with Gasteiger partial charge in [-0.3, -0.25) is 4.79 Å². The summed E-state index contributed by atoms with van der Waals surface area (Å²) in [7, 11) is 0. The number of rotatable bonds is 5. The number of benzene rings is 1. The van der Waals surface area contributed by atoms with Gasteiger partial charge >= 0.3 is 0 Å². The monoisotopic (exact) mass is 328 g/mol. The maximum atomic E-state index is 14.5. The minimum Gasteiger partial charge on any atom is -0.489 e. The van der Waals surface area contributed by atoms with Crippen LogP contribution in [0.25, 0.3) is 0 Å². The van der Waals surface area contributed by atoms with E-state index in [9.17, 15) is 14.3 Å². The van der Waals surface area contributed by atoms with Gasteiger partial charge in [0, 0.05) is 17.9 Å². The van der Waals surface area contributed by atoms with Gasteiger partial charge in [0.15, 0.2) is 5.82 Å². The molecule has 0 bridgehead atoms. The second-order valence-corrected chi connectivity index (χ2v) is 5.63. The average Bonchev–Trinajstić information content (AvgIpc) is 2.49. The number of hydrogen-bond donors (Lipinski definition) is 2. The molecule has 1 aromatic rings. The molecule has 0 spiro atoms. The van der Waals surface area contributed by atoms with E-state index < -0.39 is 11.9 Å². The normalized spacial score (nSPS) is 19.4. The zero-order valence-corrected chi connectivity index (χ0v) is 13.2. The summed E-state index contributed by atoms with van der Waals surface area (Å²) in [6, 6.07) is 3.05. The Morgan fingerprint density at radius 2 is 2.32 bits per heavy atom. The first kappa shape index (κ1) is 16.7. The fraction of sp³-hybridized carbons (Fsp3) is 0.467. The minimum absolute atomic E-state index is 0.0441. The summed E-state index contributed by atoms with van der Waals surface area (Å²) in [4.78, 5) is 11.3. The van der Waals surface area contributed by atoms with Crippen LogP contribution in [-0.4, -0.2) is 29.4 Å². The third kappa shape index (κ3) is 3.56. The van der Waals surface area contributed by atoms with Crippen LogP contribution < -0.4 is 10.2 Å². The minimum atomic E-state index is -0.646. The highest BCUT2D eigenvalue weighted by Crippen LogP contribution is 2.31. The maximum absolute atomic E-state index is 14.5. The second-order valence-electron chi connectivity index (χ2n) is 5.25. The molecule has 1 aliphatic rings. The largest absolute Gasteiger partial charge is 0.489 e. The number of ether oxygens (including phenoxy) is 1. The van der Waals surface area contributed by atoms with Gasteiger partial charge in [-0.2, -0.15) is 5.10 Å². The Kier molecular flexibility index (Phi) is 5.37. The lowest BCUT2D eigenvalue weighted by Crippen LogP contribution is -2.32. The van der Waals surface area contributed by atoms with E-state index >= 15 is 0 Å². The van der Waals surface area contributed by atoms with Gasteiger partial charge in [-0.15, -0.1) is 0 Å². The summed E-state index contributed by atoms with van der Waals surface area (Å²) >= 11 is 6.00. The van der Waals surface area contributed by atoms with Crippen molar-refractivity contribution in [1.29, 1.82) is 0 Å². The van der Waals surface area contributed by atoms with Crippen LogP contribution >= 0.6 is 11.6 Å². The highest BCUT2D eigenvalue weighted by atomic mass is 35.5. The average molecular weight is 329 g/mol. The molecule has 1 heterocycles. The lowest BCUT2D eigenvalue weighted by Gasteiger charge is -2.20. The SMILES string of the molecule is CCC(O)COc1ccc(C2=NNC(=O)CC2C)c(F)c1Cl. The van der Waals surface area contributed by atoms with Crippen molar-refractivity contribution in [2.75, 3.05) is 6.61 Å². The molecule has 7 heteroatoms. The van der Waals surface area contributed by atoms with E-state index in [1.807, 2.05) is 6.92 Å². The van der Waals surface area contributed by atoms with Gasteiger partial charge in [0.05, 0.1) is 11.8 Å². The van der Waals surface area contributed by atoms with E-state index in [4.69, 9.17) is 16.3 Å². The second kappa shape index (κ2) is 7.07. The molecule has 1 aromatic carbocycles. The van der Waals surface area contributed by atoms with Crippen molar-refractivity contribution < 1.29 is 19.0 Å². The van der Waals surface area contributed by atoms with E-state index in [1.165, 1.54) is 12.1 Å². The highest BCUT2D eigenvalue weighted by molar-refractivity contribution is 6.32. The Morgan fingerprint density at radius 1 is 1.59 bits per heavy atom. The number of carbonyl (C=O) groups is 1. The van der Waals surface area contributed by atoms with Crippen LogP contribution in [0.15, 0.2) is 17.2 Å². The molecule has 2 rings (SSSR count). The van der Waals surface area contributed by atoms with Gasteiger partial charge in [-0.05, 0) is 18.6 Å². The molecule has 1 amide bonds. The molecule has 0 radical (unpaired) electrons. The Bertz CT molecular complexity index is 607. The zero-order valence-electron chi connectivity index (χ0n) is 12.4. The number of halogens is 2. The van der Waals surface area contributed by atoms with Crippen LogP contribution in [0.2, 0.25) is 5.02 Å². The zero-order chi connectivity index (χ0) is 16.3. The molecule has 120 valence electrons.